The number of amides is 3. The number of hydrogen-bond acceptors (Lipinski definition) is 4. The lowest BCUT2D eigenvalue weighted by molar-refractivity contribution is -0.135. The van der Waals surface area contributed by atoms with Crippen molar-refractivity contribution < 1.29 is 24.7 Å². The second-order valence-electron chi connectivity index (χ2n) is 1.96. The van der Waals surface area contributed by atoms with Gasteiger partial charge in [-0.25, -0.2) is 10.3 Å². The minimum absolute atomic E-state index is 0.429. The van der Waals surface area contributed by atoms with Gasteiger partial charge in [0.15, 0.2) is 0 Å². The number of carboxylic acids is 1. The highest BCUT2D eigenvalue weighted by Crippen LogP contribution is 1.66. The predicted molar refractivity (Wildman–Crippen MR) is 39.0 cm³/mol. The fraction of sp³-hybridized carbons (Fsp3) is 0.400. The first-order chi connectivity index (χ1) is 6.06. The maximum Gasteiger partial charge on any atom is 0.323 e. The maximum atomic E-state index is 10.6. The number of urea groups is 1. The second kappa shape index (κ2) is 5.77. The third kappa shape index (κ3) is 6.56. The smallest absolute Gasteiger partial charge is 0.323 e. The van der Waals surface area contributed by atoms with E-state index in [2.05, 4.69) is 0 Å². The lowest BCUT2D eigenvalue weighted by Gasteiger charge is -2.03. The van der Waals surface area contributed by atoms with Gasteiger partial charge in [0.25, 0.3) is 5.91 Å². The first-order valence-electron chi connectivity index (χ1n) is 3.22. The number of hydroxylamine groups is 1. The fourth-order valence-electron chi connectivity index (χ4n) is 0.418. The zero-order valence-corrected chi connectivity index (χ0v) is 6.53. The third-order valence-corrected chi connectivity index (χ3v) is 0.934. The van der Waals surface area contributed by atoms with Gasteiger partial charge < -0.3 is 15.7 Å². The lowest BCUT2D eigenvalue weighted by atomic mass is 10.6. The number of carbonyl (C=O) groups excluding carboxylic acids is 2. The molecule has 0 aliphatic carbocycles. The monoisotopic (exact) mass is 191 g/mol. The Morgan fingerprint density at radius 2 is 1.62 bits per heavy atom. The Bertz CT molecular complexity index is 216. The summed E-state index contributed by atoms with van der Waals surface area (Å²) >= 11 is 0. The van der Waals surface area contributed by atoms with E-state index in [1.807, 2.05) is 10.6 Å². The van der Waals surface area contributed by atoms with E-state index in [1.165, 1.54) is 5.48 Å². The topological polar surface area (TPSA) is 128 Å². The average molecular weight is 191 g/mol. The summed E-state index contributed by atoms with van der Waals surface area (Å²) in [6, 6.07) is -0.800. The number of hydrogen-bond donors (Lipinski definition) is 5. The summed E-state index contributed by atoms with van der Waals surface area (Å²) in [4.78, 5) is 30.9. The van der Waals surface area contributed by atoms with Gasteiger partial charge >= 0.3 is 12.0 Å². The van der Waals surface area contributed by atoms with Crippen molar-refractivity contribution >= 4 is 17.9 Å². The molecule has 0 radical (unpaired) electrons. The molecule has 8 nitrogen and oxygen atoms in total. The SMILES string of the molecule is O=C(O)CNC(=O)NCC(=O)NO. The molecule has 0 fully saturated rings. The molecule has 3 amide bonds. The summed E-state index contributed by atoms with van der Waals surface area (Å²) in [5, 5.41) is 20.1. The minimum Gasteiger partial charge on any atom is -0.480 e. The lowest BCUT2D eigenvalue weighted by Crippen LogP contribution is -2.42. The Morgan fingerprint density at radius 3 is 2.08 bits per heavy atom. The molecule has 0 aromatic heterocycles. The van der Waals surface area contributed by atoms with Crippen LogP contribution in [0.15, 0.2) is 0 Å². The van der Waals surface area contributed by atoms with Crippen LogP contribution in [0.2, 0.25) is 0 Å². The van der Waals surface area contributed by atoms with Gasteiger partial charge in [0.1, 0.15) is 13.1 Å². The molecule has 0 saturated heterocycles. The number of aliphatic carboxylic acids is 1. The molecule has 0 bridgehead atoms. The normalized spacial score (nSPS) is 8.69. The molecule has 0 aromatic rings. The van der Waals surface area contributed by atoms with E-state index in [4.69, 9.17) is 10.3 Å². The van der Waals surface area contributed by atoms with Crippen LogP contribution in [0, 0.1) is 0 Å². The van der Waals surface area contributed by atoms with Crippen LogP contribution in [0.4, 0.5) is 4.79 Å². The number of nitrogens with one attached hydrogen (secondary N) is 3. The molecule has 0 aliphatic heterocycles. The van der Waals surface area contributed by atoms with Gasteiger partial charge in [0, 0.05) is 0 Å². The summed E-state index contributed by atoms with van der Waals surface area (Å²) in [6.45, 7) is -0.964. The molecule has 0 spiro atoms. The summed E-state index contributed by atoms with van der Waals surface area (Å²) in [5.74, 6) is -1.99. The van der Waals surface area contributed by atoms with Crippen LogP contribution in [-0.4, -0.2) is 41.3 Å². The van der Waals surface area contributed by atoms with Gasteiger partial charge in [-0.1, -0.05) is 0 Å². The summed E-state index contributed by atoms with van der Waals surface area (Å²) in [5.41, 5.74) is 1.29. The van der Waals surface area contributed by atoms with Gasteiger partial charge in [-0.15, -0.1) is 0 Å². The Morgan fingerprint density at radius 1 is 1.08 bits per heavy atom. The van der Waals surface area contributed by atoms with Crippen molar-refractivity contribution in [3.8, 4) is 0 Å². The second-order valence-corrected chi connectivity index (χ2v) is 1.96. The van der Waals surface area contributed by atoms with Crippen molar-refractivity contribution in [1.82, 2.24) is 16.1 Å². The molecule has 0 aromatic carbocycles. The van der Waals surface area contributed by atoms with Crippen molar-refractivity contribution in [2.24, 2.45) is 0 Å². The van der Waals surface area contributed by atoms with Gasteiger partial charge in [0.2, 0.25) is 0 Å². The molecule has 0 heterocycles. The van der Waals surface area contributed by atoms with Gasteiger partial charge in [-0.3, -0.25) is 14.8 Å². The highest BCUT2D eigenvalue weighted by molar-refractivity contribution is 5.84. The van der Waals surface area contributed by atoms with Crippen molar-refractivity contribution in [3.63, 3.8) is 0 Å². The largest absolute Gasteiger partial charge is 0.480 e. The molecule has 0 unspecified atom stereocenters. The standard InChI is InChI=1S/C5H9N3O5/c9-3(8-13)1-6-5(12)7-2-4(10)11/h13H,1-2H2,(H,8,9)(H,10,11)(H2,6,7,12). The number of carboxylic acid groups (broad SMARTS) is 1. The highest BCUT2D eigenvalue weighted by Gasteiger charge is 2.04. The molecule has 0 saturated carbocycles. The summed E-state index contributed by atoms with van der Waals surface area (Å²) in [7, 11) is 0. The Hall–Kier alpha value is -1.83. The van der Waals surface area contributed by atoms with Gasteiger partial charge in [-0.2, -0.15) is 0 Å². The predicted octanol–water partition coefficient (Wildman–Crippen LogP) is -2.12. The van der Waals surface area contributed by atoms with E-state index in [9.17, 15) is 14.4 Å². The van der Waals surface area contributed by atoms with Crippen LogP contribution in [0.3, 0.4) is 0 Å². The number of rotatable bonds is 4. The molecular weight excluding hydrogens is 182 g/mol. The Labute approximate surface area is 72.9 Å². The van der Waals surface area contributed by atoms with Gasteiger partial charge in [-0.05, 0) is 0 Å². The molecule has 0 aliphatic rings. The van der Waals surface area contributed by atoms with Crippen LogP contribution in [0.5, 0.6) is 0 Å². The molecule has 5 N–H and O–H groups in total. The summed E-state index contributed by atoms with van der Waals surface area (Å²) in [6.07, 6.45) is 0. The highest BCUT2D eigenvalue weighted by atomic mass is 16.5. The van der Waals surface area contributed by atoms with E-state index < -0.39 is 31.0 Å². The van der Waals surface area contributed by atoms with Crippen molar-refractivity contribution in [1.29, 1.82) is 0 Å². The van der Waals surface area contributed by atoms with Crippen LogP contribution in [0.1, 0.15) is 0 Å². The zero-order valence-electron chi connectivity index (χ0n) is 6.53. The quantitative estimate of drug-likeness (QED) is 0.256. The van der Waals surface area contributed by atoms with Crippen LogP contribution < -0.4 is 16.1 Å². The first kappa shape index (κ1) is 11.2. The summed E-state index contributed by atoms with van der Waals surface area (Å²) < 4.78 is 0. The molecule has 0 atom stereocenters. The minimum atomic E-state index is -1.19. The maximum absolute atomic E-state index is 10.6. The van der Waals surface area contributed by atoms with E-state index in [0.717, 1.165) is 0 Å². The molecule has 74 valence electrons. The first-order valence-corrected chi connectivity index (χ1v) is 3.22. The van der Waals surface area contributed by atoms with Crippen LogP contribution in [-0.2, 0) is 9.59 Å². The fourth-order valence-corrected chi connectivity index (χ4v) is 0.418. The average Bonchev–Trinajstić information content (AvgIpc) is 2.10. The Balaban J connectivity index is 3.52. The molecule has 13 heavy (non-hydrogen) atoms. The van der Waals surface area contributed by atoms with E-state index >= 15 is 0 Å². The zero-order chi connectivity index (χ0) is 10.3. The van der Waals surface area contributed by atoms with Crippen molar-refractivity contribution in [2.75, 3.05) is 13.1 Å². The number of carbonyl (C=O) groups is 3. The van der Waals surface area contributed by atoms with Crippen LogP contribution >= 0.6 is 0 Å². The molecule has 8 heteroatoms. The van der Waals surface area contributed by atoms with E-state index in [-0.39, 0.29) is 0 Å². The van der Waals surface area contributed by atoms with Crippen molar-refractivity contribution in [3.05, 3.63) is 0 Å². The third-order valence-electron chi connectivity index (χ3n) is 0.934. The molecule has 0 rings (SSSR count). The van der Waals surface area contributed by atoms with Crippen molar-refractivity contribution in [2.45, 2.75) is 0 Å². The van der Waals surface area contributed by atoms with E-state index in [0.29, 0.717) is 0 Å². The van der Waals surface area contributed by atoms with Crippen LogP contribution in [0.25, 0.3) is 0 Å². The molecular formula is C5H9N3O5. The van der Waals surface area contributed by atoms with E-state index in [1.54, 1.807) is 0 Å². The Kier molecular flexibility index (Phi) is 4.96. The van der Waals surface area contributed by atoms with Gasteiger partial charge in [0.05, 0.1) is 0 Å².